The van der Waals surface area contributed by atoms with E-state index in [0.717, 1.165) is 5.56 Å². The molecule has 0 atom stereocenters. The summed E-state index contributed by atoms with van der Waals surface area (Å²) in [5.41, 5.74) is 1.19. The first-order chi connectivity index (χ1) is 11.9. The van der Waals surface area contributed by atoms with Crippen molar-refractivity contribution in [3.05, 3.63) is 75.4 Å². The Balaban J connectivity index is 1.88. The Kier molecular flexibility index (Phi) is 4.52. The summed E-state index contributed by atoms with van der Waals surface area (Å²) in [6.45, 7) is 1.93. The van der Waals surface area contributed by atoms with Gasteiger partial charge in [-0.15, -0.1) is 0 Å². The molecule has 3 rings (SSSR count). The number of halogens is 1. The minimum Gasteiger partial charge on any atom is -0.489 e. The van der Waals surface area contributed by atoms with Crippen LogP contribution in [-0.2, 0) is 17.8 Å². The molecule has 0 aliphatic rings. The second-order valence-corrected chi connectivity index (χ2v) is 5.64. The molecule has 0 saturated carbocycles. The number of carboxylic acids is 1. The third-order valence-corrected chi connectivity index (χ3v) is 3.91. The van der Waals surface area contributed by atoms with E-state index in [1.807, 2.05) is 0 Å². The van der Waals surface area contributed by atoms with E-state index < -0.39 is 11.6 Å². The van der Waals surface area contributed by atoms with Crippen LogP contribution in [0.4, 0.5) is 4.39 Å². The Morgan fingerprint density at radius 2 is 1.92 bits per heavy atom. The van der Waals surface area contributed by atoms with Crippen molar-refractivity contribution in [2.24, 2.45) is 0 Å². The van der Waals surface area contributed by atoms with Crippen LogP contribution in [0, 0.1) is 12.7 Å². The predicted molar refractivity (Wildman–Crippen MR) is 89.3 cm³/mol. The van der Waals surface area contributed by atoms with Crippen molar-refractivity contribution in [2.75, 3.05) is 0 Å². The van der Waals surface area contributed by atoms with E-state index in [-0.39, 0.29) is 24.4 Å². The van der Waals surface area contributed by atoms with Crippen LogP contribution in [0.3, 0.4) is 0 Å². The number of aryl methyl sites for hydroxylation is 1. The van der Waals surface area contributed by atoms with Gasteiger partial charge in [-0.2, -0.15) is 0 Å². The minimum atomic E-state index is -1.09. The summed E-state index contributed by atoms with van der Waals surface area (Å²) in [6, 6.07) is 11.0. The molecule has 0 amide bonds. The molecule has 0 bridgehead atoms. The van der Waals surface area contributed by atoms with Crippen molar-refractivity contribution >= 4 is 16.9 Å². The number of hydrogen-bond acceptors (Lipinski definition) is 4. The fourth-order valence-corrected chi connectivity index (χ4v) is 2.57. The molecule has 0 fully saturated rings. The third kappa shape index (κ3) is 3.68. The molecule has 6 heteroatoms. The molecule has 0 aliphatic heterocycles. The molecule has 1 heterocycles. The Morgan fingerprint density at radius 3 is 2.60 bits per heavy atom. The average molecular weight is 342 g/mol. The standard InChI is InChI=1S/C19H15FO5/c1-11-15-7-6-14(24-10-12-2-4-13(20)5-3-12)8-17(15)25-19(23)16(11)9-18(21)22/h2-8H,9-10H2,1H3,(H,21,22). The van der Waals surface area contributed by atoms with Crippen molar-refractivity contribution in [1.82, 2.24) is 0 Å². The number of rotatable bonds is 5. The van der Waals surface area contributed by atoms with E-state index in [2.05, 4.69) is 0 Å². The van der Waals surface area contributed by atoms with Crippen LogP contribution in [0.25, 0.3) is 11.0 Å². The smallest absolute Gasteiger partial charge is 0.340 e. The summed E-state index contributed by atoms with van der Waals surface area (Å²) >= 11 is 0. The fraction of sp³-hybridized carbons (Fsp3) is 0.158. The van der Waals surface area contributed by atoms with Crippen LogP contribution in [0.15, 0.2) is 51.7 Å². The van der Waals surface area contributed by atoms with Crippen LogP contribution >= 0.6 is 0 Å². The van der Waals surface area contributed by atoms with Crippen LogP contribution in [0.2, 0.25) is 0 Å². The first-order valence-electron chi connectivity index (χ1n) is 7.59. The zero-order valence-corrected chi connectivity index (χ0v) is 13.4. The van der Waals surface area contributed by atoms with Gasteiger partial charge in [0.15, 0.2) is 0 Å². The van der Waals surface area contributed by atoms with E-state index in [1.165, 1.54) is 12.1 Å². The third-order valence-electron chi connectivity index (χ3n) is 3.91. The fourth-order valence-electron chi connectivity index (χ4n) is 2.57. The highest BCUT2D eigenvalue weighted by Gasteiger charge is 2.14. The molecule has 3 aromatic rings. The van der Waals surface area contributed by atoms with Crippen LogP contribution in [-0.4, -0.2) is 11.1 Å². The first kappa shape index (κ1) is 16.7. The molecule has 0 unspecified atom stereocenters. The molecule has 128 valence electrons. The minimum absolute atomic E-state index is 0.139. The van der Waals surface area contributed by atoms with Crippen LogP contribution in [0.5, 0.6) is 5.75 Å². The lowest BCUT2D eigenvalue weighted by Gasteiger charge is -2.09. The normalized spacial score (nSPS) is 10.8. The maximum atomic E-state index is 12.9. The quantitative estimate of drug-likeness (QED) is 0.719. The highest BCUT2D eigenvalue weighted by atomic mass is 19.1. The van der Waals surface area contributed by atoms with Crippen molar-refractivity contribution in [3.63, 3.8) is 0 Å². The van der Waals surface area contributed by atoms with Gasteiger partial charge in [-0.3, -0.25) is 4.79 Å². The SMILES string of the molecule is Cc1c(CC(=O)O)c(=O)oc2cc(OCc3ccc(F)cc3)ccc12. The molecular weight excluding hydrogens is 327 g/mol. The summed E-state index contributed by atoms with van der Waals surface area (Å²) in [6.07, 6.45) is -0.382. The predicted octanol–water partition coefficient (Wildman–Crippen LogP) is 3.45. The highest BCUT2D eigenvalue weighted by Crippen LogP contribution is 2.25. The number of aliphatic carboxylic acids is 1. The van der Waals surface area contributed by atoms with Crippen LogP contribution in [0.1, 0.15) is 16.7 Å². The first-order valence-corrected chi connectivity index (χ1v) is 7.59. The molecular formula is C19H15FO5. The van der Waals surface area contributed by atoms with Gasteiger partial charge in [0.25, 0.3) is 0 Å². The van der Waals surface area contributed by atoms with Crippen molar-refractivity contribution < 1.29 is 23.4 Å². The Hall–Kier alpha value is -3.15. The summed E-state index contributed by atoms with van der Waals surface area (Å²) in [5.74, 6) is -0.914. The van der Waals surface area contributed by atoms with E-state index in [9.17, 15) is 14.0 Å². The zero-order valence-electron chi connectivity index (χ0n) is 13.4. The van der Waals surface area contributed by atoms with E-state index in [4.69, 9.17) is 14.3 Å². The van der Waals surface area contributed by atoms with Crippen molar-refractivity contribution in [1.29, 1.82) is 0 Å². The molecule has 0 spiro atoms. The lowest BCUT2D eigenvalue weighted by atomic mass is 10.0. The number of ether oxygens (including phenoxy) is 1. The van der Waals surface area contributed by atoms with E-state index in [0.29, 0.717) is 22.3 Å². The lowest BCUT2D eigenvalue weighted by Crippen LogP contribution is -2.14. The van der Waals surface area contributed by atoms with Crippen LogP contribution < -0.4 is 10.4 Å². The number of carbonyl (C=O) groups is 1. The maximum absolute atomic E-state index is 12.9. The Labute approximate surface area is 142 Å². The maximum Gasteiger partial charge on any atom is 0.340 e. The number of fused-ring (bicyclic) bond motifs is 1. The number of hydrogen-bond donors (Lipinski definition) is 1. The van der Waals surface area contributed by atoms with Gasteiger partial charge < -0.3 is 14.3 Å². The molecule has 25 heavy (non-hydrogen) atoms. The topological polar surface area (TPSA) is 76.7 Å². The summed E-state index contributed by atoms with van der Waals surface area (Å²) in [7, 11) is 0. The van der Waals surface area contributed by atoms with Gasteiger partial charge in [-0.1, -0.05) is 12.1 Å². The molecule has 0 aliphatic carbocycles. The van der Waals surface area contributed by atoms with E-state index >= 15 is 0 Å². The van der Waals surface area contributed by atoms with Gasteiger partial charge in [-0.05, 0) is 42.3 Å². The summed E-state index contributed by atoms with van der Waals surface area (Å²) in [5, 5.41) is 9.56. The Bertz CT molecular complexity index is 989. The monoisotopic (exact) mass is 342 g/mol. The van der Waals surface area contributed by atoms with Crippen molar-refractivity contribution in [2.45, 2.75) is 20.0 Å². The Morgan fingerprint density at radius 1 is 1.20 bits per heavy atom. The van der Waals surface area contributed by atoms with Gasteiger partial charge in [0.2, 0.25) is 0 Å². The second-order valence-electron chi connectivity index (χ2n) is 5.64. The molecule has 1 N–H and O–H groups in total. The summed E-state index contributed by atoms with van der Waals surface area (Å²) in [4.78, 5) is 22.9. The average Bonchev–Trinajstić information content (AvgIpc) is 2.57. The van der Waals surface area contributed by atoms with Gasteiger partial charge >= 0.3 is 11.6 Å². The van der Waals surface area contributed by atoms with Gasteiger partial charge in [0, 0.05) is 11.5 Å². The highest BCUT2D eigenvalue weighted by molar-refractivity contribution is 5.83. The molecule has 2 aromatic carbocycles. The molecule has 0 saturated heterocycles. The molecule has 5 nitrogen and oxygen atoms in total. The molecule has 0 radical (unpaired) electrons. The molecule has 1 aromatic heterocycles. The van der Waals surface area contributed by atoms with Gasteiger partial charge in [0.1, 0.15) is 23.8 Å². The number of carboxylic acid groups (broad SMARTS) is 1. The summed E-state index contributed by atoms with van der Waals surface area (Å²) < 4.78 is 23.8. The van der Waals surface area contributed by atoms with Crippen molar-refractivity contribution in [3.8, 4) is 5.75 Å². The number of benzene rings is 2. The second kappa shape index (κ2) is 6.76. The van der Waals surface area contributed by atoms with E-state index in [1.54, 1.807) is 37.3 Å². The van der Waals surface area contributed by atoms with Gasteiger partial charge in [0.05, 0.1) is 12.0 Å². The zero-order chi connectivity index (χ0) is 18.0. The lowest BCUT2D eigenvalue weighted by molar-refractivity contribution is -0.136. The largest absolute Gasteiger partial charge is 0.489 e. The van der Waals surface area contributed by atoms with Gasteiger partial charge in [-0.25, -0.2) is 9.18 Å².